The van der Waals surface area contributed by atoms with E-state index >= 15 is 0 Å². The Morgan fingerprint density at radius 2 is 1.88 bits per heavy atom. The minimum Gasteiger partial charge on any atom is -0.365 e. The number of anilines is 1. The molecule has 1 amide bonds. The first-order valence-corrected chi connectivity index (χ1v) is 8.21. The minimum absolute atomic E-state index is 0.392. The third-order valence-electron chi connectivity index (χ3n) is 4.45. The van der Waals surface area contributed by atoms with Crippen molar-refractivity contribution in [2.24, 2.45) is 5.73 Å². The average molecular weight is 346 g/mol. The van der Waals surface area contributed by atoms with Crippen LogP contribution in [0.4, 0.5) is 14.6 Å². The number of hydrogen-bond donors (Lipinski definition) is 1. The Morgan fingerprint density at radius 1 is 1.12 bits per heavy atom. The standard InChI is InChI=1S/C18H20F2N4O/c19-15-5-1-3-13(16(15)20)6-8-23-9-11-24(12-10-23)18-14(17(21)25)4-2-7-22-18/h1-5,7H,6,8-12H2,(H2,21,25). The van der Waals surface area contributed by atoms with Gasteiger partial charge in [-0.3, -0.25) is 9.69 Å². The number of carbonyl (C=O) groups excluding carboxylic acids is 1. The van der Waals surface area contributed by atoms with Crippen LogP contribution in [0, 0.1) is 11.6 Å². The molecule has 2 N–H and O–H groups in total. The van der Waals surface area contributed by atoms with Crippen LogP contribution < -0.4 is 10.6 Å². The minimum atomic E-state index is -0.809. The molecule has 0 saturated carbocycles. The molecule has 1 aliphatic heterocycles. The van der Waals surface area contributed by atoms with E-state index in [9.17, 15) is 13.6 Å². The highest BCUT2D eigenvalue weighted by Gasteiger charge is 2.21. The highest BCUT2D eigenvalue weighted by Crippen LogP contribution is 2.19. The third-order valence-corrected chi connectivity index (χ3v) is 4.45. The summed E-state index contributed by atoms with van der Waals surface area (Å²) in [6.07, 6.45) is 2.10. The van der Waals surface area contributed by atoms with Crippen molar-refractivity contribution in [2.45, 2.75) is 6.42 Å². The fraction of sp³-hybridized carbons (Fsp3) is 0.333. The van der Waals surface area contributed by atoms with Crippen LogP contribution in [0.3, 0.4) is 0 Å². The number of piperazine rings is 1. The molecule has 0 atom stereocenters. The Bertz CT molecular complexity index is 760. The molecule has 0 spiro atoms. The maximum absolute atomic E-state index is 13.7. The number of halogens is 2. The van der Waals surface area contributed by atoms with Crippen LogP contribution in [0.1, 0.15) is 15.9 Å². The number of hydrogen-bond acceptors (Lipinski definition) is 4. The molecule has 0 unspecified atom stereocenters. The van der Waals surface area contributed by atoms with Crippen LogP contribution in [-0.4, -0.2) is 48.5 Å². The number of aromatic nitrogens is 1. The predicted octanol–water partition coefficient (Wildman–Crippen LogP) is 1.82. The van der Waals surface area contributed by atoms with Crippen LogP contribution in [0.25, 0.3) is 0 Å². The molecule has 132 valence electrons. The normalized spacial score (nSPS) is 15.4. The fourth-order valence-corrected chi connectivity index (χ4v) is 3.04. The van der Waals surface area contributed by atoms with Crippen molar-refractivity contribution < 1.29 is 13.6 Å². The highest BCUT2D eigenvalue weighted by atomic mass is 19.2. The first-order valence-electron chi connectivity index (χ1n) is 8.21. The molecule has 2 aromatic rings. The van der Waals surface area contributed by atoms with Crippen molar-refractivity contribution in [3.05, 3.63) is 59.3 Å². The summed E-state index contributed by atoms with van der Waals surface area (Å²) in [4.78, 5) is 20.0. The van der Waals surface area contributed by atoms with Gasteiger partial charge in [0, 0.05) is 38.9 Å². The lowest BCUT2D eigenvalue weighted by Crippen LogP contribution is -2.47. The quantitative estimate of drug-likeness (QED) is 0.897. The molecule has 5 nitrogen and oxygen atoms in total. The number of rotatable bonds is 5. The molecule has 0 bridgehead atoms. The van der Waals surface area contributed by atoms with Gasteiger partial charge in [0.1, 0.15) is 5.82 Å². The van der Waals surface area contributed by atoms with Crippen molar-refractivity contribution in [3.8, 4) is 0 Å². The molecule has 1 aromatic heterocycles. The van der Waals surface area contributed by atoms with Gasteiger partial charge in [-0.1, -0.05) is 12.1 Å². The summed E-state index contributed by atoms with van der Waals surface area (Å²) < 4.78 is 27.0. The second-order valence-corrected chi connectivity index (χ2v) is 6.03. The van der Waals surface area contributed by atoms with Gasteiger partial charge in [0.25, 0.3) is 5.91 Å². The zero-order valence-corrected chi connectivity index (χ0v) is 13.8. The molecule has 1 aromatic carbocycles. The van der Waals surface area contributed by atoms with Gasteiger partial charge in [0.15, 0.2) is 11.6 Å². The third kappa shape index (κ3) is 3.93. The second-order valence-electron chi connectivity index (χ2n) is 6.03. The van der Waals surface area contributed by atoms with Crippen molar-refractivity contribution in [1.82, 2.24) is 9.88 Å². The monoisotopic (exact) mass is 346 g/mol. The SMILES string of the molecule is NC(=O)c1cccnc1N1CCN(CCc2cccc(F)c2F)CC1. The van der Waals surface area contributed by atoms with Crippen molar-refractivity contribution in [2.75, 3.05) is 37.6 Å². The average Bonchev–Trinajstić information content (AvgIpc) is 2.63. The van der Waals surface area contributed by atoms with Crippen LogP contribution in [0.2, 0.25) is 0 Å². The largest absolute Gasteiger partial charge is 0.365 e. The summed E-state index contributed by atoms with van der Waals surface area (Å²) in [5.74, 6) is -1.46. The first kappa shape index (κ1) is 17.3. The fourth-order valence-electron chi connectivity index (χ4n) is 3.04. The summed E-state index contributed by atoms with van der Waals surface area (Å²) in [5.41, 5.74) is 6.21. The van der Waals surface area contributed by atoms with E-state index in [0.717, 1.165) is 19.2 Å². The second kappa shape index (κ2) is 7.57. The number of carbonyl (C=O) groups is 1. The summed E-state index contributed by atoms with van der Waals surface area (Å²) in [6.45, 7) is 3.56. The Labute approximate surface area is 145 Å². The molecule has 0 aliphatic carbocycles. The maximum atomic E-state index is 13.7. The van der Waals surface area contributed by atoms with Crippen molar-refractivity contribution >= 4 is 11.7 Å². The van der Waals surface area contributed by atoms with E-state index in [2.05, 4.69) is 9.88 Å². The zero-order chi connectivity index (χ0) is 17.8. The molecule has 2 heterocycles. The summed E-state index contributed by atoms with van der Waals surface area (Å²) in [7, 11) is 0. The van der Waals surface area contributed by atoms with Gasteiger partial charge >= 0.3 is 0 Å². The summed E-state index contributed by atoms with van der Waals surface area (Å²) >= 11 is 0. The molecule has 1 fully saturated rings. The molecule has 25 heavy (non-hydrogen) atoms. The summed E-state index contributed by atoms with van der Waals surface area (Å²) in [6, 6.07) is 7.62. The molecule has 1 saturated heterocycles. The highest BCUT2D eigenvalue weighted by molar-refractivity contribution is 5.97. The van der Waals surface area contributed by atoms with Crippen LogP contribution >= 0.6 is 0 Å². The van der Waals surface area contributed by atoms with E-state index in [-0.39, 0.29) is 0 Å². The van der Waals surface area contributed by atoms with Crippen LogP contribution in [0.15, 0.2) is 36.5 Å². The molecule has 7 heteroatoms. The Morgan fingerprint density at radius 3 is 2.60 bits per heavy atom. The Kier molecular flexibility index (Phi) is 5.23. The lowest BCUT2D eigenvalue weighted by molar-refractivity contribution is 0.1000. The number of benzene rings is 1. The van der Waals surface area contributed by atoms with Gasteiger partial charge in [-0.25, -0.2) is 13.8 Å². The smallest absolute Gasteiger partial charge is 0.252 e. The van der Waals surface area contributed by atoms with Crippen LogP contribution in [0.5, 0.6) is 0 Å². The van der Waals surface area contributed by atoms with Gasteiger partial charge in [-0.05, 0) is 30.2 Å². The van der Waals surface area contributed by atoms with Crippen molar-refractivity contribution in [3.63, 3.8) is 0 Å². The van der Waals surface area contributed by atoms with Gasteiger partial charge in [0.05, 0.1) is 5.56 Å². The lowest BCUT2D eigenvalue weighted by Gasteiger charge is -2.36. The Hall–Kier alpha value is -2.54. The number of primary amides is 1. The number of amides is 1. The number of pyridine rings is 1. The molecule has 0 radical (unpaired) electrons. The van der Waals surface area contributed by atoms with Crippen molar-refractivity contribution in [1.29, 1.82) is 0 Å². The van der Waals surface area contributed by atoms with E-state index in [1.54, 1.807) is 24.4 Å². The molecule has 1 aliphatic rings. The Balaban J connectivity index is 1.57. The molecule has 3 rings (SSSR count). The van der Waals surface area contributed by atoms with Gasteiger partial charge in [0.2, 0.25) is 0 Å². The van der Waals surface area contributed by atoms with E-state index in [1.165, 1.54) is 6.07 Å². The molecular formula is C18H20F2N4O. The van der Waals surface area contributed by atoms with E-state index in [0.29, 0.717) is 43.0 Å². The van der Waals surface area contributed by atoms with Crippen LogP contribution in [-0.2, 0) is 6.42 Å². The zero-order valence-electron chi connectivity index (χ0n) is 13.8. The number of nitrogens with two attached hydrogens (primary N) is 1. The summed E-state index contributed by atoms with van der Waals surface area (Å²) in [5, 5.41) is 0. The lowest BCUT2D eigenvalue weighted by atomic mass is 10.1. The molecular weight excluding hydrogens is 326 g/mol. The maximum Gasteiger partial charge on any atom is 0.252 e. The van der Waals surface area contributed by atoms with E-state index in [1.807, 2.05) is 4.90 Å². The van der Waals surface area contributed by atoms with Gasteiger partial charge in [-0.2, -0.15) is 0 Å². The predicted molar refractivity (Wildman–Crippen MR) is 91.5 cm³/mol. The van der Waals surface area contributed by atoms with Gasteiger partial charge < -0.3 is 10.6 Å². The van der Waals surface area contributed by atoms with E-state index in [4.69, 9.17) is 5.73 Å². The number of nitrogens with zero attached hydrogens (tertiary/aromatic N) is 3. The first-order chi connectivity index (χ1) is 12.1. The van der Waals surface area contributed by atoms with E-state index < -0.39 is 17.5 Å². The topological polar surface area (TPSA) is 62.5 Å². The van der Waals surface area contributed by atoms with Gasteiger partial charge in [-0.15, -0.1) is 0 Å².